The molecule has 0 N–H and O–H groups in total. The first-order valence-electron chi connectivity index (χ1n) is 0. The maximum atomic E-state index is 0. The van der Waals surface area contributed by atoms with Crippen LogP contribution in [-0.4, -0.2) is 18.9 Å². The molecular formula is H5EuF4Li. The second-order valence-electron chi connectivity index (χ2n) is 0. The molecule has 6 heteroatoms. The molecule has 0 atom stereocenters. The van der Waals surface area contributed by atoms with E-state index < -0.39 is 0 Å². The van der Waals surface area contributed by atoms with Gasteiger partial charge in [-0.15, -0.1) is 0 Å². The normalized spacial score (nSPS) is 0. The van der Waals surface area contributed by atoms with Gasteiger partial charge in [0.15, 0.2) is 0 Å². The minimum absolute atomic E-state index is 0. The molecule has 0 bridgehead atoms. The van der Waals surface area contributed by atoms with Crippen LogP contribution in [0.25, 0.3) is 0 Å². The van der Waals surface area contributed by atoms with Crippen molar-refractivity contribution in [2.75, 3.05) is 0 Å². The van der Waals surface area contributed by atoms with Gasteiger partial charge in [-0.25, -0.2) is 0 Å². The number of hydrogen-bond acceptors (Lipinski definition) is 0. The molecule has 0 aromatic carbocycles. The fourth-order valence-electron chi connectivity index (χ4n) is 0. The minimum atomic E-state index is 0. The van der Waals surface area contributed by atoms with Crippen molar-refractivity contribution >= 4 is 18.9 Å². The summed E-state index contributed by atoms with van der Waals surface area (Å²) in [6.07, 6.45) is 0. The topological polar surface area (TPSA) is 0 Å². The van der Waals surface area contributed by atoms with Crippen molar-refractivity contribution in [2.45, 2.75) is 0 Å². The summed E-state index contributed by atoms with van der Waals surface area (Å²) >= 11 is 0. The number of rotatable bonds is 0. The Hall–Kier alpha value is 1.90. The third kappa shape index (κ3) is 39.2. The van der Waals surface area contributed by atoms with E-state index in [1.165, 1.54) is 0 Å². The van der Waals surface area contributed by atoms with Gasteiger partial charge in [0, 0.05) is 49.4 Å². The van der Waals surface area contributed by atoms with E-state index in [0.717, 1.165) is 0 Å². The van der Waals surface area contributed by atoms with Gasteiger partial charge in [-0.1, -0.05) is 0 Å². The Balaban J connectivity index is 0. The summed E-state index contributed by atoms with van der Waals surface area (Å²) in [7, 11) is 0. The summed E-state index contributed by atoms with van der Waals surface area (Å²) in [5.74, 6) is 0. The fourth-order valence-corrected chi connectivity index (χ4v) is 0. The van der Waals surface area contributed by atoms with Crippen molar-refractivity contribution < 1.29 is 68.2 Å². The monoisotopic (exact) mass is 241 g/mol. The molecule has 41 valence electrons. The van der Waals surface area contributed by atoms with Crippen molar-refractivity contribution in [1.82, 2.24) is 0 Å². The Morgan fingerprint density at radius 2 is 0.500 bits per heavy atom. The predicted octanol–water partition coefficient (Wildman–Crippen LogP) is -0.0385. The quantitative estimate of drug-likeness (QED) is 0.411. The molecule has 0 aromatic rings. The van der Waals surface area contributed by atoms with Crippen molar-refractivity contribution in [1.29, 1.82) is 0 Å². The summed E-state index contributed by atoms with van der Waals surface area (Å²) in [5.41, 5.74) is 0. The molecule has 0 aromatic heterocycles. The van der Waals surface area contributed by atoms with E-state index in [-0.39, 0.29) is 87.1 Å². The van der Waals surface area contributed by atoms with Crippen LogP contribution in [0, 0.1) is 49.4 Å². The van der Waals surface area contributed by atoms with Crippen LogP contribution in [0.5, 0.6) is 0 Å². The molecule has 0 aliphatic heterocycles. The molecule has 0 amide bonds. The van der Waals surface area contributed by atoms with Gasteiger partial charge in [0.25, 0.3) is 0 Å². The number of hydrogen-bond donors (Lipinski definition) is 0. The van der Waals surface area contributed by atoms with E-state index in [1.807, 2.05) is 0 Å². The SMILES string of the molecule is F.F.F.F.[Eu].[LiH]. The Morgan fingerprint density at radius 1 is 0.500 bits per heavy atom. The van der Waals surface area contributed by atoms with Crippen LogP contribution in [0.1, 0.15) is 0 Å². The molecule has 0 aliphatic rings. The molecular weight excluding hydrogens is 235 g/mol. The summed E-state index contributed by atoms with van der Waals surface area (Å²) in [4.78, 5) is 0. The molecule has 0 spiro atoms. The van der Waals surface area contributed by atoms with Crippen LogP contribution in [-0.2, 0) is 0 Å². The van der Waals surface area contributed by atoms with Gasteiger partial charge in [-0.05, 0) is 0 Å². The second kappa shape index (κ2) is 66.5. The Bertz CT molecular complexity index is 7.51. The summed E-state index contributed by atoms with van der Waals surface area (Å²) < 4.78 is 0. The van der Waals surface area contributed by atoms with Crippen molar-refractivity contribution in [3.05, 3.63) is 0 Å². The van der Waals surface area contributed by atoms with Gasteiger partial charge in [-0.2, -0.15) is 0 Å². The van der Waals surface area contributed by atoms with E-state index in [0.29, 0.717) is 0 Å². The molecule has 0 saturated carbocycles. The van der Waals surface area contributed by atoms with Crippen LogP contribution in [0.4, 0.5) is 18.8 Å². The van der Waals surface area contributed by atoms with Crippen molar-refractivity contribution in [3.63, 3.8) is 0 Å². The number of halogens is 4. The molecule has 0 rings (SSSR count). The summed E-state index contributed by atoms with van der Waals surface area (Å²) in [5, 5.41) is 0. The van der Waals surface area contributed by atoms with E-state index >= 15 is 0 Å². The van der Waals surface area contributed by atoms with Gasteiger partial charge in [-0.3, -0.25) is 18.8 Å². The van der Waals surface area contributed by atoms with Gasteiger partial charge >= 0.3 is 18.9 Å². The zero-order chi connectivity index (χ0) is 0. The zero-order valence-corrected chi connectivity index (χ0v) is 4.44. The molecule has 0 aliphatic carbocycles. The summed E-state index contributed by atoms with van der Waals surface area (Å²) in [6.45, 7) is 0. The van der Waals surface area contributed by atoms with Gasteiger partial charge in [0.05, 0.1) is 0 Å². The van der Waals surface area contributed by atoms with Crippen LogP contribution in [0.3, 0.4) is 0 Å². The fraction of sp³-hybridized carbons (Fsp3) is 0. The van der Waals surface area contributed by atoms with Gasteiger partial charge < -0.3 is 0 Å². The molecule has 0 saturated heterocycles. The van der Waals surface area contributed by atoms with E-state index in [1.54, 1.807) is 0 Å². The summed E-state index contributed by atoms with van der Waals surface area (Å²) in [6, 6.07) is 0. The van der Waals surface area contributed by atoms with Crippen molar-refractivity contribution in [3.8, 4) is 0 Å². The zero-order valence-electron chi connectivity index (χ0n) is 2.01. The van der Waals surface area contributed by atoms with Crippen LogP contribution < -0.4 is 0 Å². The van der Waals surface area contributed by atoms with Crippen LogP contribution >= 0.6 is 0 Å². The average molecular weight is 240 g/mol. The predicted molar refractivity (Wildman–Crippen MR) is 17.2 cm³/mol. The first kappa shape index (κ1) is 104. The third-order valence-electron chi connectivity index (χ3n) is 0. The first-order chi connectivity index (χ1) is 0. The standard InChI is InChI=1S/Eu.4FH.Li.H/h;4*1H;;. The van der Waals surface area contributed by atoms with Crippen LogP contribution in [0.2, 0.25) is 0 Å². The third-order valence-corrected chi connectivity index (χ3v) is 0. The first-order valence-corrected chi connectivity index (χ1v) is 0. The van der Waals surface area contributed by atoms with Crippen LogP contribution in [0.15, 0.2) is 0 Å². The molecule has 0 heterocycles. The van der Waals surface area contributed by atoms with Gasteiger partial charge in [0.1, 0.15) is 0 Å². The van der Waals surface area contributed by atoms with Gasteiger partial charge in [0.2, 0.25) is 0 Å². The van der Waals surface area contributed by atoms with E-state index in [9.17, 15) is 0 Å². The molecule has 0 fully saturated rings. The Kier molecular flexibility index (Phi) is 1150. The molecule has 6 heavy (non-hydrogen) atoms. The molecule has 0 unspecified atom stereocenters. The maximum absolute atomic E-state index is 0. The van der Waals surface area contributed by atoms with E-state index in [4.69, 9.17) is 0 Å². The molecule has 0 nitrogen and oxygen atoms in total. The second-order valence-corrected chi connectivity index (χ2v) is 0. The molecule has 1 radical (unpaired) electrons. The average Bonchev–Trinajstić information content (AvgIpc) is 0. The Labute approximate surface area is 85.6 Å². The van der Waals surface area contributed by atoms with E-state index in [2.05, 4.69) is 0 Å². The Morgan fingerprint density at radius 3 is 0.500 bits per heavy atom. The van der Waals surface area contributed by atoms with Crippen molar-refractivity contribution in [2.24, 2.45) is 0 Å².